The van der Waals surface area contributed by atoms with E-state index in [1.54, 1.807) is 0 Å². The Morgan fingerprint density at radius 1 is 0.630 bits per heavy atom. The minimum Gasteiger partial charge on any atom is -0.396 e. The fourth-order valence-corrected chi connectivity index (χ4v) is 4.28. The molecule has 0 aromatic heterocycles. The lowest BCUT2D eigenvalue weighted by Crippen LogP contribution is -2.23. The Bertz CT molecular complexity index is 384. The van der Waals surface area contributed by atoms with Crippen molar-refractivity contribution < 1.29 is 5.11 Å². The first-order valence-electron chi connectivity index (χ1n) is 12.2. The Hall–Kier alpha value is -0.560. The minimum absolute atomic E-state index is 0.369. The first kappa shape index (κ1) is 24.5. The second kappa shape index (κ2) is 16.4. The molecular formula is C26H48O. The molecule has 1 aliphatic rings. The van der Waals surface area contributed by atoms with E-state index in [0.717, 1.165) is 6.42 Å². The van der Waals surface area contributed by atoms with E-state index in [1.165, 1.54) is 103 Å². The number of rotatable bonds is 18. The molecule has 0 aromatic rings. The molecule has 1 N–H and O–H groups in total. The summed E-state index contributed by atoms with van der Waals surface area (Å²) in [5.74, 6) is 0.689. The van der Waals surface area contributed by atoms with E-state index in [-0.39, 0.29) is 0 Å². The van der Waals surface area contributed by atoms with E-state index in [4.69, 9.17) is 5.11 Å². The summed E-state index contributed by atoms with van der Waals surface area (Å²) >= 11 is 0. The van der Waals surface area contributed by atoms with Crippen molar-refractivity contribution in [3.8, 4) is 0 Å². The molecule has 0 fully saturated rings. The van der Waals surface area contributed by atoms with E-state index in [0.29, 0.717) is 17.9 Å². The van der Waals surface area contributed by atoms with Crippen molar-refractivity contribution in [3.05, 3.63) is 24.3 Å². The smallest absolute Gasteiger partial charge is 0.0431 e. The topological polar surface area (TPSA) is 20.2 Å². The van der Waals surface area contributed by atoms with Gasteiger partial charge in [0.2, 0.25) is 0 Å². The van der Waals surface area contributed by atoms with E-state index in [9.17, 15) is 0 Å². The highest BCUT2D eigenvalue weighted by Gasteiger charge is 2.27. The quantitative estimate of drug-likeness (QED) is 0.238. The Morgan fingerprint density at radius 2 is 1.04 bits per heavy atom. The van der Waals surface area contributed by atoms with Crippen LogP contribution >= 0.6 is 0 Å². The molecule has 2 atom stereocenters. The third-order valence-corrected chi connectivity index (χ3v) is 6.65. The lowest BCUT2D eigenvalue weighted by molar-refractivity contribution is 0.282. The number of hydrogen-bond donors (Lipinski definition) is 1. The Morgan fingerprint density at radius 3 is 1.44 bits per heavy atom. The van der Waals surface area contributed by atoms with Crippen molar-refractivity contribution in [2.24, 2.45) is 11.3 Å². The molecule has 1 nitrogen and oxygen atoms in total. The third-order valence-electron chi connectivity index (χ3n) is 6.65. The van der Waals surface area contributed by atoms with Crippen LogP contribution in [0, 0.1) is 11.3 Å². The van der Waals surface area contributed by atoms with Crippen LogP contribution in [0.2, 0.25) is 0 Å². The maximum Gasteiger partial charge on any atom is 0.0431 e. The lowest BCUT2D eigenvalue weighted by Gasteiger charge is -2.33. The molecule has 0 saturated heterocycles. The van der Waals surface area contributed by atoms with Gasteiger partial charge in [0, 0.05) is 6.61 Å². The zero-order chi connectivity index (χ0) is 19.6. The van der Waals surface area contributed by atoms with Crippen LogP contribution in [0.3, 0.4) is 0 Å². The van der Waals surface area contributed by atoms with Crippen molar-refractivity contribution >= 4 is 0 Å². The van der Waals surface area contributed by atoms with Gasteiger partial charge in [-0.05, 0) is 24.2 Å². The third kappa shape index (κ3) is 12.5. The second-order valence-corrected chi connectivity index (χ2v) is 9.17. The molecule has 0 radical (unpaired) electrons. The molecule has 1 aliphatic carbocycles. The van der Waals surface area contributed by atoms with Crippen LogP contribution in [-0.2, 0) is 0 Å². The van der Waals surface area contributed by atoms with E-state index in [2.05, 4.69) is 38.2 Å². The van der Waals surface area contributed by atoms with Gasteiger partial charge in [0.15, 0.2) is 0 Å². The lowest BCUT2D eigenvalue weighted by atomic mass is 9.72. The number of aliphatic hydroxyl groups excluding tert-OH is 1. The molecule has 1 heteroatoms. The number of hydrogen-bond acceptors (Lipinski definition) is 1. The van der Waals surface area contributed by atoms with Gasteiger partial charge < -0.3 is 5.11 Å². The molecule has 0 amide bonds. The van der Waals surface area contributed by atoms with Crippen LogP contribution in [0.25, 0.3) is 0 Å². The van der Waals surface area contributed by atoms with Crippen LogP contribution in [0.1, 0.15) is 123 Å². The predicted molar refractivity (Wildman–Crippen MR) is 121 cm³/mol. The molecule has 1 rings (SSSR count). The Labute approximate surface area is 170 Å². The highest BCUT2D eigenvalue weighted by molar-refractivity contribution is 5.18. The van der Waals surface area contributed by atoms with Crippen molar-refractivity contribution in [2.75, 3.05) is 6.61 Å². The highest BCUT2D eigenvalue weighted by atomic mass is 16.2. The molecule has 0 spiro atoms. The van der Waals surface area contributed by atoms with Crippen molar-refractivity contribution in [2.45, 2.75) is 123 Å². The van der Waals surface area contributed by atoms with Gasteiger partial charge >= 0.3 is 0 Å². The molecular weight excluding hydrogens is 328 g/mol. The molecule has 0 aliphatic heterocycles. The van der Waals surface area contributed by atoms with Crippen LogP contribution in [0.4, 0.5) is 0 Å². The van der Waals surface area contributed by atoms with Crippen molar-refractivity contribution in [1.82, 2.24) is 0 Å². The average molecular weight is 377 g/mol. The highest BCUT2D eigenvalue weighted by Crippen LogP contribution is 2.37. The fraction of sp³-hybridized carbons (Fsp3) is 0.846. The van der Waals surface area contributed by atoms with Crippen LogP contribution in [0.15, 0.2) is 24.3 Å². The fourth-order valence-electron chi connectivity index (χ4n) is 4.28. The maximum absolute atomic E-state index is 8.74. The van der Waals surface area contributed by atoms with Crippen LogP contribution in [-0.4, -0.2) is 11.7 Å². The summed E-state index contributed by atoms with van der Waals surface area (Å²) in [5, 5.41) is 8.74. The van der Waals surface area contributed by atoms with E-state index < -0.39 is 0 Å². The van der Waals surface area contributed by atoms with Crippen LogP contribution < -0.4 is 0 Å². The van der Waals surface area contributed by atoms with Gasteiger partial charge in [-0.1, -0.05) is 134 Å². The van der Waals surface area contributed by atoms with Gasteiger partial charge in [0.25, 0.3) is 0 Å². The van der Waals surface area contributed by atoms with Gasteiger partial charge in [-0.3, -0.25) is 0 Å². The molecule has 158 valence electrons. The summed E-state index contributed by atoms with van der Waals surface area (Å²) in [6, 6.07) is 0. The maximum atomic E-state index is 8.74. The summed E-state index contributed by atoms with van der Waals surface area (Å²) in [4.78, 5) is 0. The Balaban J connectivity index is 1.77. The second-order valence-electron chi connectivity index (χ2n) is 9.17. The summed E-state index contributed by atoms with van der Waals surface area (Å²) in [5.41, 5.74) is 0.397. The molecule has 0 aromatic carbocycles. The molecule has 2 unspecified atom stereocenters. The largest absolute Gasteiger partial charge is 0.396 e. The van der Waals surface area contributed by atoms with Crippen molar-refractivity contribution in [3.63, 3.8) is 0 Å². The van der Waals surface area contributed by atoms with Gasteiger partial charge in [-0.2, -0.15) is 0 Å². The van der Waals surface area contributed by atoms with Gasteiger partial charge in [0.1, 0.15) is 0 Å². The van der Waals surface area contributed by atoms with Gasteiger partial charge in [0.05, 0.1) is 0 Å². The number of unbranched alkanes of at least 4 members (excludes halogenated alkanes) is 15. The first-order chi connectivity index (χ1) is 13.2. The summed E-state index contributed by atoms with van der Waals surface area (Å²) in [7, 11) is 0. The first-order valence-corrected chi connectivity index (χ1v) is 12.2. The summed E-state index contributed by atoms with van der Waals surface area (Å²) < 4.78 is 0. The zero-order valence-corrected chi connectivity index (χ0v) is 18.6. The summed E-state index contributed by atoms with van der Waals surface area (Å²) in [6.45, 7) is 5.16. The SMILES string of the molecule is CC1C=CC=CC1(C)CCCCCCCCCCCCCCCCCCO. The van der Waals surface area contributed by atoms with E-state index in [1.807, 2.05) is 0 Å². The normalized spacial score (nSPS) is 21.8. The molecule has 0 heterocycles. The summed E-state index contributed by atoms with van der Waals surface area (Å²) in [6.07, 6.45) is 32.6. The van der Waals surface area contributed by atoms with E-state index >= 15 is 0 Å². The Kier molecular flexibility index (Phi) is 14.9. The molecule has 0 saturated carbocycles. The predicted octanol–water partition coefficient (Wildman–Crippen LogP) is 8.38. The van der Waals surface area contributed by atoms with Crippen molar-refractivity contribution in [1.29, 1.82) is 0 Å². The monoisotopic (exact) mass is 376 g/mol. The van der Waals surface area contributed by atoms with Gasteiger partial charge in [-0.25, -0.2) is 0 Å². The molecule has 0 bridgehead atoms. The average Bonchev–Trinajstić information content (AvgIpc) is 2.67. The van der Waals surface area contributed by atoms with Gasteiger partial charge in [-0.15, -0.1) is 0 Å². The number of allylic oxidation sites excluding steroid dienone is 4. The number of aliphatic hydroxyl groups is 1. The minimum atomic E-state index is 0.369. The molecule has 27 heavy (non-hydrogen) atoms. The zero-order valence-electron chi connectivity index (χ0n) is 18.6. The van der Waals surface area contributed by atoms with Crippen LogP contribution in [0.5, 0.6) is 0 Å². The standard InChI is InChI=1S/C26H48O/c1-25-21-17-19-23-26(25,2)22-18-15-13-11-9-7-5-3-4-6-8-10-12-14-16-20-24-27/h17,19,21,23,25,27H,3-16,18,20,22,24H2,1-2H3.